The fourth-order valence-electron chi connectivity index (χ4n) is 1.45. The Bertz CT molecular complexity index is 350. The quantitative estimate of drug-likeness (QED) is 0.572. The number of anilines is 1. The molecule has 0 saturated heterocycles. The number of carbonyl (C=O) groups excluding carboxylic acids is 1. The van der Waals surface area contributed by atoms with Crippen LogP contribution in [0.2, 0.25) is 0 Å². The van der Waals surface area contributed by atoms with E-state index >= 15 is 0 Å². The van der Waals surface area contributed by atoms with Crippen LogP contribution in [0.1, 0.15) is 22.3 Å². The number of aliphatic hydroxyl groups is 1. The zero-order valence-corrected chi connectivity index (χ0v) is 8.69. The Hall–Kier alpha value is -1.55. The minimum Gasteiger partial charge on any atom is -0.465 e. The van der Waals surface area contributed by atoms with Gasteiger partial charge >= 0.3 is 5.97 Å². The summed E-state index contributed by atoms with van der Waals surface area (Å²) in [5.41, 5.74) is 7.35. The third-order valence-corrected chi connectivity index (χ3v) is 2.18. The van der Waals surface area contributed by atoms with E-state index < -0.39 is 5.97 Å². The Morgan fingerprint density at radius 3 is 2.87 bits per heavy atom. The topological polar surface area (TPSA) is 72.5 Å². The molecule has 0 aliphatic rings. The number of esters is 1. The third-order valence-electron chi connectivity index (χ3n) is 2.18. The van der Waals surface area contributed by atoms with Crippen LogP contribution in [0.3, 0.4) is 0 Å². The predicted octanol–water partition coefficient (Wildman–Crippen LogP) is 0.980. The Balaban J connectivity index is 3.03. The Labute approximate surface area is 88.7 Å². The summed E-state index contributed by atoms with van der Waals surface area (Å²) in [5.74, 6) is -0.430. The maximum Gasteiger partial charge on any atom is 0.340 e. The van der Waals surface area contributed by atoms with Gasteiger partial charge in [0.05, 0.1) is 12.7 Å². The van der Waals surface area contributed by atoms with Crippen molar-refractivity contribution in [2.24, 2.45) is 0 Å². The first-order valence-electron chi connectivity index (χ1n) is 4.77. The summed E-state index contributed by atoms with van der Waals surface area (Å²) in [5, 5.41) is 8.74. The average molecular weight is 209 g/mol. The number of methoxy groups -OCH3 is 1. The number of carbonyl (C=O) groups is 1. The lowest BCUT2D eigenvalue weighted by Crippen LogP contribution is -2.09. The molecular formula is C11H15NO3. The fraction of sp³-hybridized carbons (Fsp3) is 0.364. The molecule has 3 N–H and O–H groups in total. The SMILES string of the molecule is COC(=O)c1c(N)cccc1CCCO. The van der Waals surface area contributed by atoms with Crippen LogP contribution in [-0.2, 0) is 11.2 Å². The third kappa shape index (κ3) is 2.70. The van der Waals surface area contributed by atoms with Gasteiger partial charge in [-0.15, -0.1) is 0 Å². The summed E-state index contributed by atoms with van der Waals surface area (Å²) >= 11 is 0. The van der Waals surface area contributed by atoms with Crippen molar-refractivity contribution in [3.63, 3.8) is 0 Å². The number of rotatable bonds is 4. The number of nitrogen functional groups attached to an aromatic ring is 1. The van der Waals surface area contributed by atoms with Gasteiger partial charge in [-0.05, 0) is 24.5 Å². The van der Waals surface area contributed by atoms with Gasteiger partial charge in [0.15, 0.2) is 0 Å². The highest BCUT2D eigenvalue weighted by Crippen LogP contribution is 2.19. The molecule has 0 aliphatic carbocycles. The molecule has 4 nitrogen and oxygen atoms in total. The molecule has 15 heavy (non-hydrogen) atoms. The first kappa shape index (κ1) is 11.5. The van der Waals surface area contributed by atoms with Crippen LogP contribution >= 0.6 is 0 Å². The standard InChI is InChI=1S/C11H15NO3/c1-15-11(14)10-8(5-3-7-13)4-2-6-9(10)12/h2,4,6,13H,3,5,7,12H2,1H3. The smallest absolute Gasteiger partial charge is 0.340 e. The van der Waals surface area contributed by atoms with Crippen LogP contribution in [0.4, 0.5) is 5.69 Å². The van der Waals surface area contributed by atoms with Gasteiger partial charge < -0.3 is 15.6 Å². The molecule has 0 unspecified atom stereocenters. The van der Waals surface area contributed by atoms with Gasteiger partial charge in [0, 0.05) is 12.3 Å². The summed E-state index contributed by atoms with van der Waals surface area (Å²) in [4.78, 5) is 11.5. The minimum absolute atomic E-state index is 0.0927. The first-order valence-corrected chi connectivity index (χ1v) is 4.77. The van der Waals surface area contributed by atoms with E-state index in [0.29, 0.717) is 24.1 Å². The Kier molecular flexibility index (Phi) is 4.12. The maximum absolute atomic E-state index is 11.5. The molecule has 0 aliphatic heterocycles. The molecule has 0 atom stereocenters. The van der Waals surface area contributed by atoms with Gasteiger partial charge in [-0.25, -0.2) is 4.79 Å². The molecule has 0 spiro atoms. The van der Waals surface area contributed by atoms with Crippen LogP contribution in [0.5, 0.6) is 0 Å². The van der Waals surface area contributed by atoms with Crippen molar-refractivity contribution in [3.05, 3.63) is 29.3 Å². The van der Waals surface area contributed by atoms with Gasteiger partial charge in [0.25, 0.3) is 0 Å². The van der Waals surface area contributed by atoms with Crippen LogP contribution < -0.4 is 5.73 Å². The molecule has 0 fully saturated rings. The number of nitrogens with two attached hydrogens (primary N) is 1. The van der Waals surface area contributed by atoms with Crippen LogP contribution in [0, 0.1) is 0 Å². The van der Waals surface area contributed by atoms with Gasteiger partial charge in [0.2, 0.25) is 0 Å². The van der Waals surface area contributed by atoms with Crippen molar-refractivity contribution >= 4 is 11.7 Å². The number of benzene rings is 1. The number of hydrogen-bond donors (Lipinski definition) is 2. The number of ether oxygens (including phenoxy) is 1. The second-order valence-corrected chi connectivity index (χ2v) is 3.20. The van der Waals surface area contributed by atoms with E-state index in [1.54, 1.807) is 12.1 Å². The highest BCUT2D eigenvalue weighted by molar-refractivity contribution is 5.96. The van der Waals surface area contributed by atoms with Gasteiger partial charge in [-0.3, -0.25) is 0 Å². The van der Waals surface area contributed by atoms with Gasteiger partial charge in [0.1, 0.15) is 0 Å². The summed E-state index contributed by atoms with van der Waals surface area (Å²) in [6, 6.07) is 5.27. The maximum atomic E-state index is 11.5. The summed E-state index contributed by atoms with van der Waals surface area (Å²) in [6.07, 6.45) is 1.22. The molecule has 0 bridgehead atoms. The lowest BCUT2D eigenvalue weighted by atomic mass is 10.0. The molecule has 1 rings (SSSR count). The van der Waals surface area contributed by atoms with E-state index in [9.17, 15) is 4.79 Å². The molecule has 0 heterocycles. The zero-order chi connectivity index (χ0) is 11.3. The molecule has 1 aromatic rings. The van der Waals surface area contributed by atoms with E-state index in [1.165, 1.54) is 7.11 Å². The van der Waals surface area contributed by atoms with Crippen molar-refractivity contribution in [1.29, 1.82) is 0 Å². The Morgan fingerprint density at radius 1 is 1.53 bits per heavy atom. The molecule has 0 aromatic heterocycles. The average Bonchev–Trinajstić information content (AvgIpc) is 2.25. The van der Waals surface area contributed by atoms with Gasteiger partial charge in [-0.1, -0.05) is 12.1 Å². The number of aliphatic hydroxyl groups excluding tert-OH is 1. The van der Waals surface area contributed by atoms with Crippen molar-refractivity contribution < 1.29 is 14.6 Å². The number of hydrogen-bond acceptors (Lipinski definition) is 4. The van der Waals surface area contributed by atoms with E-state index in [4.69, 9.17) is 10.8 Å². The van der Waals surface area contributed by atoms with E-state index in [2.05, 4.69) is 4.74 Å². The minimum atomic E-state index is -0.430. The number of aryl methyl sites for hydroxylation is 1. The van der Waals surface area contributed by atoms with Crippen molar-refractivity contribution in [3.8, 4) is 0 Å². The molecule has 82 valence electrons. The first-order chi connectivity index (χ1) is 7.20. The predicted molar refractivity (Wildman–Crippen MR) is 57.6 cm³/mol. The summed E-state index contributed by atoms with van der Waals surface area (Å²) in [6.45, 7) is 0.0927. The van der Waals surface area contributed by atoms with Crippen LogP contribution in [0.15, 0.2) is 18.2 Å². The second kappa shape index (κ2) is 5.36. The van der Waals surface area contributed by atoms with Crippen molar-refractivity contribution in [2.75, 3.05) is 19.5 Å². The highest BCUT2D eigenvalue weighted by atomic mass is 16.5. The zero-order valence-electron chi connectivity index (χ0n) is 8.69. The van der Waals surface area contributed by atoms with Crippen LogP contribution in [0.25, 0.3) is 0 Å². The fourth-order valence-corrected chi connectivity index (χ4v) is 1.45. The Morgan fingerprint density at radius 2 is 2.27 bits per heavy atom. The summed E-state index contributed by atoms with van der Waals surface area (Å²) < 4.78 is 4.66. The van der Waals surface area contributed by atoms with E-state index in [0.717, 1.165) is 5.56 Å². The van der Waals surface area contributed by atoms with E-state index in [-0.39, 0.29) is 6.61 Å². The molecule has 0 amide bonds. The molecule has 1 aromatic carbocycles. The highest BCUT2D eigenvalue weighted by Gasteiger charge is 2.14. The lowest BCUT2D eigenvalue weighted by Gasteiger charge is -2.09. The van der Waals surface area contributed by atoms with Gasteiger partial charge in [-0.2, -0.15) is 0 Å². The summed E-state index contributed by atoms with van der Waals surface area (Å²) in [7, 11) is 1.32. The largest absolute Gasteiger partial charge is 0.465 e. The lowest BCUT2D eigenvalue weighted by molar-refractivity contribution is 0.0600. The molecule has 4 heteroatoms. The van der Waals surface area contributed by atoms with Crippen LogP contribution in [-0.4, -0.2) is 24.8 Å². The van der Waals surface area contributed by atoms with E-state index in [1.807, 2.05) is 6.07 Å². The monoisotopic (exact) mass is 209 g/mol. The van der Waals surface area contributed by atoms with Crippen molar-refractivity contribution in [1.82, 2.24) is 0 Å². The van der Waals surface area contributed by atoms with Crippen molar-refractivity contribution in [2.45, 2.75) is 12.8 Å². The molecule has 0 radical (unpaired) electrons. The second-order valence-electron chi connectivity index (χ2n) is 3.20. The molecular weight excluding hydrogens is 194 g/mol. The molecule has 0 saturated carbocycles. The normalized spacial score (nSPS) is 10.0.